The summed E-state index contributed by atoms with van der Waals surface area (Å²) in [4.78, 5) is 27.7. The number of hydrogen-bond donors (Lipinski definition) is 1. The van der Waals surface area contributed by atoms with Gasteiger partial charge in [0.2, 0.25) is 10.0 Å². The van der Waals surface area contributed by atoms with Crippen LogP contribution in [0.15, 0.2) is 76.1 Å². The molecule has 8 nitrogen and oxygen atoms in total. The Bertz CT molecular complexity index is 1390. The van der Waals surface area contributed by atoms with Crippen LogP contribution < -0.4 is 9.62 Å². The van der Waals surface area contributed by atoms with Crippen molar-refractivity contribution < 1.29 is 27.5 Å². The molecular formula is C27H27BrN2O6S. The molecule has 0 saturated heterocycles. The van der Waals surface area contributed by atoms with Gasteiger partial charge in [-0.1, -0.05) is 51.8 Å². The van der Waals surface area contributed by atoms with Gasteiger partial charge in [0.1, 0.15) is 0 Å². The molecule has 1 aliphatic heterocycles. The number of halogens is 1. The highest BCUT2D eigenvalue weighted by molar-refractivity contribution is 9.10. The first kappa shape index (κ1) is 26.8. The Morgan fingerprint density at radius 3 is 2.22 bits per heavy atom. The minimum atomic E-state index is -3.74. The van der Waals surface area contributed by atoms with E-state index in [1.54, 1.807) is 30.3 Å². The number of esters is 2. The summed E-state index contributed by atoms with van der Waals surface area (Å²) in [6.07, 6.45) is 0. The third-order valence-electron chi connectivity index (χ3n) is 6.46. The molecule has 0 bridgehead atoms. The van der Waals surface area contributed by atoms with Crippen molar-refractivity contribution in [2.45, 2.75) is 31.0 Å². The minimum Gasteiger partial charge on any atom is -0.468 e. The molecule has 1 aliphatic rings. The summed E-state index contributed by atoms with van der Waals surface area (Å²) in [5.41, 5.74) is 4.06. The monoisotopic (exact) mass is 586 g/mol. The highest BCUT2D eigenvalue weighted by Crippen LogP contribution is 2.44. The van der Waals surface area contributed by atoms with Crippen LogP contribution >= 0.6 is 15.9 Å². The molecule has 0 amide bonds. The van der Waals surface area contributed by atoms with E-state index in [0.717, 1.165) is 32.4 Å². The average Bonchev–Trinajstić information content (AvgIpc) is 3.27. The number of nitrogens with one attached hydrogen (secondary N) is 1. The normalized spacial score (nSPS) is 14.9. The predicted octanol–water partition coefficient (Wildman–Crippen LogP) is 4.26. The molecule has 10 heteroatoms. The van der Waals surface area contributed by atoms with Gasteiger partial charge in [0.05, 0.1) is 25.2 Å². The molecular weight excluding hydrogens is 560 g/mol. The Morgan fingerprint density at radius 1 is 1.00 bits per heavy atom. The van der Waals surface area contributed by atoms with Crippen LogP contribution in [-0.2, 0) is 42.2 Å². The third-order valence-corrected chi connectivity index (χ3v) is 8.41. The van der Waals surface area contributed by atoms with Gasteiger partial charge in [-0.05, 0) is 60.0 Å². The van der Waals surface area contributed by atoms with E-state index >= 15 is 0 Å². The summed E-state index contributed by atoms with van der Waals surface area (Å²) in [6.45, 7) is 2.29. The van der Waals surface area contributed by atoms with Gasteiger partial charge < -0.3 is 14.4 Å². The van der Waals surface area contributed by atoms with Crippen molar-refractivity contribution in [2.24, 2.45) is 5.92 Å². The Balaban J connectivity index is 1.74. The first-order valence-corrected chi connectivity index (χ1v) is 13.8. The average molecular weight is 587 g/mol. The highest BCUT2D eigenvalue weighted by Gasteiger charge is 2.46. The van der Waals surface area contributed by atoms with Gasteiger partial charge in [-0.25, -0.2) is 13.1 Å². The molecule has 4 rings (SSSR count). The fourth-order valence-electron chi connectivity index (χ4n) is 4.55. The number of aryl methyl sites for hydroxylation is 1. The predicted molar refractivity (Wildman–Crippen MR) is 142 cm³/mol. The van der Waals surface area contributed by atoms with Crippen LogP contribution in [0.2, 0.25) is 0 Å². The number of anilines is 1. The van der Waals surface area contributed by atoms with Crippen LogP contribution in [0.4, 0.5) is 5.69 Å². The van der Waals surface area contributed by atoms with Crippen molar-refractivity contribution >= 4 is 43.6 Å². The Kier molecular flexibility index (Phi) is 8.01. The largest absolute Gasteiger partial charge is 0.468 e. The lowest BCUT2D eigenvalue weighted by molar-refractivity contribution is -0.159. The van der Waals surface area contributed by atoms with Gasteiger partial charge in [-0.15, -0.1) is 0 Å². The molecule has 37 heavy (non-hydrogen) atoms. The summed E-state index contributed by atoms with van der Waals surface area (Å²) in [6, 6.07) is 18.9. The van der Waals surface area contributed by atoms with Gasteiger partial charge in [0, 0.05) is 23.2 Å². The maximum atomic E-state index is 12.9. The number of carbonyl (C=O) groups excluding carboxylic acids is 2. The maximum Gasteiger partial charge on any atom is 0.322 e. The fourth-order valence-corrected chi connectivity index (χ4v) is 5.82. The summed E-state index contributed by atoms with van der Waals surface area (Å²) in [5, 5.41) is 0. The fraction of sp³-hybridized carbons (Fsp3) is 0.259. The lowest BCUT2D eigenvalue weighted by atomic mass is 9.90. The maximum absolute atomic E-state index is 12.9. The number of sulfonamides is 1. The van der Waals surface area contributed by atoms with Gasteiger partial charge in [0.15, 0.2) is 5.92 Å². The second-order valence-corrected chi connectivity index (χ2v) is 11.4. The van der Waals surface area contributed by atoms with Crippen LogP contribution in [0.1, 0.15) is 28.3 Å². The zero-order valence-corrected chi connectivity index (χ0v) is 23.0. The van der Waals surface area contributed by atoms with E-state index in [4.69, 9.17) is 9.47 Å². The molecule has 1 N–H and O–H groups in total. The summed E-state index contributed by atoms with van der Waals surface area (Å²) < 4.78 is 39.4. The van der Waals surface area contributed by atoms with E-state index in [9.17, 15) is 18.0 Å². The summed E-state index contributed by atoms with van der Waals surface area (Å²) in [5.74, 6) is -2.66. The van der Waals surface area contributed by atoms with E-state index in [1.807, 2.05) is 48.2 Å². The smallest absolute Gasteiger partial charge is 0.322 e. The van der Waals surface area contributed by atoms with Crippen molar-refractivity contribution in [3.63, 3.8) is 0 Å². The lowest BCUT2D eigenvalue weighted by Gasteiger charge is -2.31. The standard InChI is InChI=1S/C27H27BrN2O6S/c1-17-7-13-21(14-8-17)37(33,34)29-15-18-5-4-6-22-23(18)16-30(20-11-9-19(28)10-12-20)25(22)24(26(31)35-2)27(32)36-3/h4-14,24-25,29H,15-16H2,1-3H3. The third kappa shape index (κ3) is 5.56. The Morgan fingerprint density at radius 2 is 1.62 bits per heavy atom. The minimum absolute atomic E-state index is 0.0431. The van der Waals surface area contributed by atoms with Crippen molar-refractivity contribution in [2.75, 3.05) is 19.1 Å². The van der Waals surface area contributed by atoms with Crippen molar-refractivity contribution in [3.05, 3.63) is 93.5 Å². The van der Waals surface area contributed by atoms with Crippen molar-refractivity contribution in [1.29, 1.82) is 0 Å². The highest BCUT2D eigenvalue weighted by atomic mass is 79.9. The van der Waals surface area contributed by atoms with Crippen LogP contribution in [-0.4, -0.2) is 34.6 Å². The molecule has 3 aromatic rings. The molecule has 0 saturated carbocycles. The van der Waals surface area contributed by atoms with Crippen molar-refractivity contribution in [1.82, 2.24) is 4.72 Å². The van der Waals surface area contributed by atoms with Crippen LogP contribution in [0.5, 0.6) is 0 Å². The SMILES string of the molecule is COC(=O)C(C(=O)OC)C1c2cccc(CNS(=O)(=O)c3ccc(C)cc3)c2CN1c1ccc(Br)cc1. The molecule has 1 heterocycles. The molecule has 0 fully saturated rings. The number of hydrogen-bond acceptors (Lipinski definition) is 7. The van der Waals surface area contributed by atoms with Crippen LogP contribution in [0, 0.1) is 12.8 Å². The van der Waals surface area contributed by atoms with E-state index in [2.05, 4.69) is 20.7 Å². The number of nitrogens with zero attached hydrogens (tertiary/aromatic N) is 1. The van der Waals surface area contributed by atoms with Gasteiger partial charge >= 0.3 is 11.9 Å². The van der Waals surface area contributed by atoms with E-state index < -0.39 is 33.9 Å². The number of benzene rings is 3. The van der Waals surface area contributed by atoms with Crippen LogP contribution in [0.25, 0.3) is 0 Å². The first-order valence-electron chi connectivity index (χ1n) is 11.5. The number of methoxy groups -OCH3 is 2. The zero-order chi connectivity index (χ0) is 26.7. The summed E-state index contributed by atoms with van der Waals surface area (Å²) >= 11 is 3.44. The quantitative estimate of drug-likeness (QED) is 0.311. The molecule has 194 valence electrons. The van der Waals surface area contributed by atoms with Crippen molar-refractivity contribution in [3.8, 4) is 0 Å². The Hall–Kier alpha value is -3.21. The van der Waals surface area contributed by atoms with Gasteiger partial charge in [-0.3, -0.25) is 9.59 Å². The zero-order valence-electron chi connectivity index (χ0n) is 20.6. The van der Waals surface area contributed by atoms with E-state index in [0.29, 0.717) is 6.54 Å². The Labute approximate surface area is 224 Å². The lowest BCUT2D eigenvalue weighted by Crippen LogP contribution is -2.38. The second-order valence-electron chi connectivity index (χ2n) is 8.70. The molecule has 0 aliphatic carbocycles. The van der Waals surface area contributed by atoms with E-state index in [1.165, 1.54) is 14.2 Å². The second kappa shape index (κ2) is 11.0. The molecule has 0 radical (unpaired) electrons. The molecule has 0 aromatic heterocycles. The number of carbonyl (C=O) groups is 2. The van der Waals surface area contributed by atoms with E-state index in [-0.39, 0.29) is 11.4 Å². The molecule has 0 spiro atoms. The van der Waals surface area contributed by atoms with Gasteiger partial charge in [-0.2, -0.15) is 0 Å². The number of rotatable bonds is 8. The summed E-state index contributed by atoms with van der Waals surface area (Å²) in [7, 11) is -1.28. The van der Waals surface area contributed by atoms with Gasteiger partial charge in [0.25, 0.3) is 0 Å². The first-order chi connectivity index (χ1) is 17.7. The number of fused-ring (bicyclic) bond motifs is 1. The molecule has 1 atom stereocenters. The van der Waals surface area contributed by atoms with Crippen LogP contribution in [0.3, 0.4) is 0 Å². The number of ether oxygens (including phenoxy) is 2. The topological polar surface area (TPSA) is 102 Å². The molecule has 1 unspecified atom stereocenters. The molecule has 3 aromatic carbocycles.